The van der Waals surface area contributed by atoms with Crippen molar-refractivity contribution in [3.63, 3.8) is 0 Å². The van der Waals surface area contributed by atoms with E-state index in [1.54, 1.807) is 19.9 Å². The first-order valence-electron chi connectivity index (χ1n) is 9.24. The van der Waals surface area contributed by atoms with Gasteiger partial charge >= 0.3 is 6.03 Å². The van der Waals surface area contributed by atoms with Crippen molar-refractivity contribution in [1.29, 1.82) is 0 Å². The predicted molar refractivity (Wildman–Crippen MR) is 116 cm³/mol. The van der Waals surface area contributed by atoms with E-state index in [9.17, 15) is 18.5 Å². The summed E-state index contributed by atoms with van der Waals surface area (Å²) in [6.45, 7) is 10.8. The Balaban J connectivity index is 2.44. The number of aliphatic hydroxyl groups is 1. The van der Waals surface area contributed by atoms with Gasteiger partial charge in [0.05, 0.1) is 5.60 Å². The van der Waals surface area contributed by atoms with Crippen LogP contribution in [0.5, 0.6) is 0 Å². The Morgan fingerprint density at radius 3 is 2.14 bits per heavy atom. The van der Waals surface area contributed by atoms with Gasteiger partial charge in [0.1, 0.15) is 10.0 Å². The summed E-state index contributed by atoms with van der Waals surface area (Å²) in [5, 5.41) is 18.6. The number of thiophene rings is 1. The lowest BCUT2D eigenvalue weighted by Gasteiger charge is -2.19. The Bertz CT molecular complexity index is 1000. The quantitative estimate of drug-likeness (QED) is 0.587. The minimum Gasteiger partial charge on any atom is -0.385 e. The van der Waals surface area contributed by atoms with Crippen LogP contribution in [0.15, 0.2) is 32.8 Å². The molecule has 2 amide bonds. The highest BCUT2D eigenvalue weighted by Gasteiger charge is 2.23. The molecule has 2 aromatic rings. The third-order valence-electron chi connectivity index (χ3n) is 4.33. The Morgan fingerprint density at radius 2 is 1.72 bits per heavy atom. The molecule has 29 heavy (non-hydrogen) atoms. The Kier molecular flexibility index (Phi) is 6.89. The highest BCUT2D eigenvalue weighted by Crippen LogP contribution is 2.34. The van der Waals surface area contributed by atoms with Gasteiger partial charge in [-0.05, 0) is 61.1 Å². The maximum absolute atomic E-state index is 14.0. The summed E-state index contributed by atoms with van der Waals surface area (Å²) < 4.78 is 30.8. The molecule has 1 heterocycles. The van der Waals surface area contributed by atoms with Gasteiger partial charge in [0.25, 0.3) is 0 Å². The van der Waals surface area contributed by atoms with Crippen molar-refractivity contribution in [1.82, 2.24) is 0 Å². The van der Waals surface area contributed by atoms with Crippen molar-refractivity contribution in [3.05, 3.63) is 46.1 Å². The second-order valence-electron chi connectivity index (χ2n) is 8.04. The number of halogens is 1. The second kappa shape index (κ2) is 8.51. The summed E-state index contributed by atoms with van der Waals surface area (Å²) in [6, 6.07) is 4.98. The number of benzene rings is 1. The first-order valence-corrected chi connectivity index (χ1v) is 11.6. The fourth-order valence-electron chi connectivity index (χ4n) is 2.81. The first-order chi connectivity index (χ1) is 13.2. The van der Waals surface area contributed by atoms with Crippen LogP contribution in [0.1, 0.15) is 69.4 Å². The number of nitrogens with one attached hydrogen (secondary N) is 1. The Hall–Kier alpha value is -1.81. The topological polar surface area (TPSA) is 105 Å². The molecule has 1 aromatic heterocycles. The van der Waals surface area contributed by atoms with Crippen molar-refractivity contribution in [3.8, 4) is 0 Å². The maximum Gasteiger partial charge on any atom is 0.354 e. The van der Waals surface area contributed by atoms with Crippen LogP contribution in [0.25, 0.3) is 0 Å². The zero-order chi connectivity index (χ0) is 22.1. The van der Waals surface area contributed by atoms with Crippen molar-refractivity contribution in [2.75, 3.05) is 5.32 Å². The van der Waals surface area contributed by atoms with Gasteiger partial charge in [0, 0.05) is 10.6 Å². The summed E-state index contributed by atoms with van der Waals surface area (Å²) in [4.78, 5) is 13.1. The molecule has 0 spiro atoms. The average Bonchev–Trinajstić information content (AvgIpc) is 3.06. The van der Waals surface area contributed by atoms with Gasteiger partial charge in [-0.2, -0.15) is 0 Å². The molecule has 4 N–H and O–H groups in total. The number of carbonyl (C=O) groups is 1. The molecule has 0 saturated carbocycles. The van der Waals surface area contributed by atoms with Crippen LogP contribution in [-0.4, -0.2) is 15.3 Å². The zero-order valence-corrected chi connectivity index (χ0v) is 19.1. The van der Waals surface area contributed by atoms with E-state index in [2.05, 4.69) is 9.68 Å². The highest BCUT2D eigenvalue weighted by molar-refractivity contribution is 7.93. The molecule has 0 aliphatic heterocycles. The molecule has 2 rings (SSSR count). The molecule has 6 nitrogen and oxygen atoms in total. The highest BCUT2D eigenvalue weighted by atomic mass is 32.2. The molecular weight excluding hydrogens is 413 g/mol. The number of amides is 2. The normalized spacial score (nSPS) is 14.2. The number of urea groups is 1. The molecular formula is C20H28FN3O3S2. The molecule has 0 unspecified atom stereocenters. The Labute approximate surface area is 175 Å². The van der Waals surface area contributed by atoms with E-state index in [0.29, 0.717) is 21.7 Å². The van der Waals surface area contributed by atoms with E-state index in [4.69, 9.17) is 5.14 Å². The monoisotopic (exact) mass is 441 g/mol. The standard InChI is InChI=1S/C20H28FN3O3S2/c1-11(2)14-9-13(21)10-15(12(3)4)18(14)23-19(25)24-29(22,27)17-8-7-16(28-17)20(5,6)26/h7-12,26H,1-6H3,(H3,22,23,24,25,27)/t29-/m0/s1. The third kappa shape index (κ3) is 5.63. The molecule has 1 atom stereocenters. The first kappa shape index (κ1) is 23.5. The maximum atomic E-state index is 14.0. The van der Waals surface area contributed by atoms with Gasteiger partial charge in [-0.25, -0.2) is 18.5 Å². The number of rotatable bonds is 5. The summed E-state index contributed by atoms with van der Waals surface area (Å²) in [5.74, 6) is -0.479. The minimum atomic E-state index is -3.50. The second-order valence-corrected chi connectivity index (χ2v) is 11.1. The molecule has 160 valence electrons. The van der Waals surface area contributed by atoms with Crippen LogP contribution in [0.3, 0.4) is 0 Å². The number of hydrogen-bond donors (Lipinski definition) is 3. The van der Waals surface area contributed by atoms with Crippen molar-refractivity contribution < 1.29 is 18.5 Å². The minimum absolute atomic E-state index is 0.0487. The number of nitrogens with zero attached hydrogens (tertiary/aromatic N) is 1. The largest absolute Gasteiger partial charge is 0.385 e. The molecule has 0 aliphatic rings. The number of nitrogens with two attached hydrogens (primary N) is 1. The van der Waals surface area contributed by atoms with Gasteiger partial charge in [0.2, 0.25) is 0 Å². The summed E-state index contributed by atoms with van der Waals surface area (Å²) in [6.07, 6.45) is 0. The fraction of sp³-hybridized carbons (Fsp3) is 0.450. The predicted octanol–water partition coefficient (Wildman–Crippen LogP) is 5.29. The molecule has 0 fully saturated rings. The van der Waals surface area contributed by atoms with E-state index in [1.807, 2.05) is 27.7 Å². The zero-order valence-electron chi connectivity index (χ0n) is 17.4. The van der Waals surface area contributed by atoms with Crippen LogP contribution in [0.4, 0.5) is 14.9 Å². The fourth-order valence-corrected chi connectivity index (χ4v) is 5.05. The summed E-state index contributed by atoms with van der Waals surface area (Å²) in [5.41, 5.74) is 0.596. The summed E-state index contributed by atoms with van der Waals surface area (Å²) >= 11 is 1.04. The van der Waals surface area contributed by atoms with Crippen LogP contribution in [-0.2, 0) is 15.5 Å². The van der Waals surface area contributed by atoms with E-state index < -0.39 is 21.5 Å². The van der Waals surface area contributed by atoms with Gasteiger partial charge in [-0.1, -0.05) is 27.7 Å². The molecule has 1 aromatic carbocycles. The van der Waals surface area contributed by atoms with Crippen LogP contribution in [0, 0.1) is 5.82 Å². The van der Waals surface area contributed by atoms with E-state index >= 15 is 0 Å². The van der Waals surface area contributed by atoms with E-state index in [-0.39, 0.29) is 21.9 Å². The number of carbonyl (C=O) groups excluding carboxylic acids is 1. The average molecular weight is 442 g/mol. The smallest absolute Gasteiger partial charge is 0.354 e. The van der Waals surface area contributed by atoms with Crippen molar-refractivity contribution in [2.24, 2.45) is 9.50 Å². The molecule has 0 saturated heterocycles. The van der Waals surface area contributed by atoms with Gasteiger partial charge in [-0.15, -0.1) is 15.7 Å². The molecule has 0 aliphatic carbocycles. The lowest BCUT2D eigenvalue weighted by atomic mass is 9.92. The SMILES string of the molecule is CC(C)c1cc(F)cc(C(C)C)c1NC(=O)N=[S@](N)(=O)c1ccc(C(C)(C)O)s1. The van der Waals surface area contributed by atoms with Gasteiger partial charge in [0.15, 0.2) is 9.92 Å². The molecule has 9 heteroatoms. The Morgan fingerprint density at radius 1 is 1.21 bits per heavy atom. The molecule has 0 bridgehead atoms. The van der Waals surface area contributed by atoms with E-state index in [0.717, 1.165) is 11.3 Å². The lowest BCUT2D eigenvalue weighted by Crippen LogP contribution is -2.18. The van der Waals surface area contributed by atoms with Gasteiger partial charge < -0.3 is 10.4 Å². The van der Waals surface area contributed by atoms with Gasteiger partial charge in [-0.3, -0.25) is 0 Å². The number of anilines is 1. The lowest BCUT2D eigenvalue weighted by molar-refractivity contribution is 0.0825. The number of hydrogen-bond acceptors (Lipinski definition) is 4. The van der Waals surface area contributed by atoms with Crippen LogP contribution >= 0.6 is 11.3 Å². The van der Waals surface area contributed by atoms with Crippen molar-refractivity contribution in [2.45, 2.75) is 63.2 Å². The summed E-state index contributed by atoms with van der Waals surface area (Å²) in [7, 11) is -3.50. The van der Waals surface area contributed by atoms with Crippen LogP contribution in [0.2, 0.25) is 0 Å². The third-order valence-corrected chi connectivity index (χ3v) is 7.64. The molecule has 0 radical (unpaired) electrons. The van der Waals surface area contributed by atoms with Crippen LogP contribution < -0.4 is 10.5 Å². The van der Waals surface area contributed by atoms with Crippen molar-refractivity contribution >= 4 is 33.0 Å². The van der Waals surface area contributed by atoms with E-state index in [1.165, 1.54) is 18.2 Å².